The Kier molecular flexibility index (Phi) is 5.53. The summed E-state index contributed by atoms with van der Waals surface area (Å²) in [5.74, 6) is 0.733. The topological polar surface area (TPSA) is 59.6 Å². The number of dihydropyridines is 1. The summed E-state index contributed by atoms with van der Waals surface area (Å²) < 4.78 is 10.5. The van der Waals surface area contributed by atoms with Gasteiger partial charge in [0.2, 0.25) is 0 Å². The Balaban J connectivity index is 2.12. The predicted octanol–water partition coefficient (Wildman–Crippen LogP) is 2.25. The van der Waals surface area contributed by atoms with Crippen LogP contribution < -0.4 is 10.6 Å². The lowest BCUT2D eigenvalue weighted by Crippen LogP contribution is -2.34. The quantitative estimate of drug-likeness (QED) is 0.474. The molecular formula is C12H19BrN2O3. The van der Waals surface area contributed by atoms with Gasteiger partial charge in [0.1, 0.15) is 22.9 Å². The Hall–Kier alpha value is -1.17. The van der Waals surface area contributed by atoms with Crippen LogP contribution in [0.3, 0.4) is 0 Å². The summed E-state index contributed by atoms with van der Waals surface area (Å²) in [7, 11) is 0. The molecule has 0 fully saturated rings. The van der Waals surface area contributed by atoms with Gasteiger partial charge >= 0.3 is 6.09 Å². The second-order valence-electron chi connectivity index (χ2n) is 4.75. The van der Waals surface area contributed by atoms with Gasteiger partial charge in [0.25, 0.3) is 0 Å². The average Bonchev–Trinajstić information content (AvgIpc) is 2.24. The van der Waals surface area contributed by atoms with Gasteiger partial charge < -0.3 is 20.1 Å². The lowest BCUT2D eigenvalue weighted by Gasteiger charge is -2.20. The Morgan fingerprint density at radius 3 is 2.83 bits per heavy atom. The summed E-state index contributed by atoms with van der Waals surface area (Å²) in [6.07, 6.45) is 5.13. The monoisotopic (exact) mass is 318 g/mol. The zero-order valence-electron chi connectivity index (χ0n) is 10.8. The first-order valence-electron chi connectivity index (χ1n) is 5.75. The second kappa shape index (κ2) is 6.68. The third kappa shape index (κ3) is 6.54. The van der Waals surface area contributed by atoms with E-state index in [0.717, 1.165) is 5.76 Å². The normalized spacial score (nSPS) is 18.7. The third-order valence-electron chi connectivity index (χ3n) is 1.85. The molecule has 1 unspecified atom stereocenters. The first-order chi connectivity index (χ1) is 8.37. The molecule has 1 amide bonds. The van der Waals surface area contributed by atoms with E-state index in [1.165, 1.54) is 0 Å². The van der Waals surface area contributed by atoms with Crippen LogP contribution in [-0.2, 0) is 9.47 Å². The lowest BCUT2D eigenvalue weighted by atomic mass is 10.2. The van der Waals surface area contributed by atoms with Crippen molar-refractivity contribution in [2.45, 2.75) is 31.3 Å². The van der Waals surface area contributed by atoms with E-state index in [1.54, 1.807) is 6.20 Å². The lowest BCUT2D eigenvalue weighted by molar-refractivity contribution is 0.0514. The molecule has 1 atom stereocenters. The molecule has 102 valence electrons. The van der Waals surface area contributed by atoms with Crippen molar-refractivity contribution in [3.63, 3.8) is 0 Å². The molecule has 6 heteroatoms. The zero-order valence-corrected chi connectivity index (χ0v) is 12.4. The van der Waals surface area contributed by atoms with Gasteiger partial charge in [-0.25, -0.2) is 4.79 Å². The second-order valence-corrected chi connectivity index (χ2v) is 5.74. The van der Waals surface area contributed by atoms with Crippen LogP contribution in [0.2, 0.25) is 0 Å². The van der Waals surface area contributed by atoms with E-state index in [9.17, 15) is 4.79 Å². The number of ether oxygens (including phenoxy) is 2. The number of alkyl halides is 1. The molecule has 0 saturated carbocycles. The number of hydrogen-bond donors (Lipinski definition) is 2. The molecule has 0 radical (unpaired) electrons. The van der Waals surface area contributed by atoms with E-state index in [0.29, 0.717) is 13.2 Å². The molecule has 1 aliphatic heterocycles. The fourth-order valence-corrected chi connectivity index (χ4v) is 1.46. The highest BCUT2D eigenvalue weighted by molar-refractivity contribution is 9.09. The minimum absolute atomic E-state index is 0.143. The molecule has 0 aromatic carbocycles. The number of allylic oxidation sites excluding steroid dienone is 1. The fraction of sp³-hybridized carbons (Fsp3) is 0.583. The number of carbonyl (C=O) groups is 1. The van der Waals surface area contributed by atoms with Crippen molar-refractivity contribution < 1.29 is 14.3 Å². The number of alkyl carbamates (subject to hydrolysis) is 1. The van der Waals surface area contributed by atoms with Crippen molar-refractivity contribution in [3.05, 3.63) is 24.1 Å². The summed E-state index contributed by atoms with van der Waals surface area (Å²) in [4.78, 5) is 11.5. The molecule has 0 aromatic heterocycles. The minimum atomic E-state index is -0.478. The highest BCUT2D eigenvalue weighted by Crippen LogP contribution is 2.09. The van der Waals surface area contributed by atoms with Gasteiger partial charge in [-0.05, 0) is 32.9 Å². The van der Waals surface area contributed by atoms with Crippen molar-refractivity contribution in [2.24, 2.45) is 0 Å². The molecule has 5 nitrogen and oxygen atoms in total. The maximum absolute atomic E-state index is 11.3. The zero-order chi connectivity index (χ0) is 13.6. The molecule has 1 rings (SSSR count). The maximum Gasteiger partial charge on any atom is 0.407 e. The largest absolute Gasteiger partial charge is 0.490 e. The molecular weight excluding hydrogens is 300 g/mol. The molecule has 1 heterocycles. The van der Waals surface area contributed by atoms with Crippen LogP contribution in [0.25, 0.3) is 0 Å². The highest BCUT2D eigenvalue weighted by Gasteiger charge is 2.15. The van der Waals surface area contributed by atoms with Gasteiger partial charge in [-0.3, -0.25) is 0 Å². The predicted molar refractivity (Wildman–Crippen MR) is 73.3 cm³/mol. The SMILES string of the molecule is CC(C)(C)OC(=O)NCCOC1=CNC(Br)C=C1. The molecule has 0 spiro atoms. The number of nitrogens with one attached hydrogen (secondary N) is 2. The Morgan fingerprint density at radius 2 is 2.28 bits per heavy atom. The number of amides is 1. The molecule has 0 aromatic rings. The Bertz CT molecular complexity index is 348. The average molecular weight is 319 g/mol. The number of carbonyl (C=O) groups excluding carboxylic acids is 1. The van der Waals surface area contributed by atoms with Crippen LogP contribution >= 0.6 is 15.9 Å². The van der Waals surface area contributed by atoms with Gasteiger partial charge in [-0.15, -0.1) is 0 Å². The van der Waals surface area contributed by atoms with Crippen molar-refractivity contribution in [1.29, 1.82) is 0 Å². The van der Waals surface area contributed by atoms with Crippen LogP contribution in [0.1, 0.15) is 20.8 Å². The van der Waals surface area contributed by atoms with Gasteiger partial charge in [0.05, 0.1) is 6.54 Å². The van der Waals surface area contributed by atoms with E-state index >= 15 is 0 Å². The van der Waals surface area contributed by atoms with Crippen molar-refractivity contribution in [3.8, 4) is 0 Å². The van der Waals surface area contributed by atoms with E-state index in [4.69, 9.17) is 9.47 Å². The fourth-order valence-electron chi connectivity index (χ4n) is 1.17. The minimum Gasteiger partial charge on any atom is -0.490 e. The van der Waals surface area contributed by atoms with E-state index in [-0.39, 0.29) is 4.95 Å². The molecule has 18 heavy (non-hydrogen) atoms. The summed E-state index contributed by atoms with van der Waals surface area (Å²) >= 11 is 3.37. The van der Waals surface area contributed by atoms with Gasteiger partial charge in [0.15, 0.2) is 0 Å². The molecule has 0 bridgehead atoms. The van der Waals surface area contributed by atoms with Crippen LogP contribution in [0.4, 0.5) is 4.79 Å². The third-order valence-corrected chi connectivity index (χ3v) is 2.42. The van der Waals surface area contributed by atoms with E-state index in [1.807, 2.05) is 32.9 Å². The van der Waals surface area contributed by atoms with Gasteiger partial charge in [-0.1, -0.05) is 15.9 Å². The number of hydrogen-bond acceptors (Lipinski definition) is 4. The van der Waals surface area contributed by atoms with Gasteiger partial charge in [0, 0.05) is 6.20 Å². The van der Waals surface area contributed by atoms with Crippen LogP contribution in [0.15, 0.2) is 24.1 Å². The first-order valence-corrected chi connectivity index (χ1v) is 6.66. The Labute approximate surface area is 116 Å². The molecule has 2 N–H and O–H groups in total. The Morgan fingerprint density at radius 1 is 1.56 bits per heavy atom. The van der Waals surface area contributed by atoms with E-state index in [2.05, 4.69) is 26.6 Å². The standard InChI is InChI=1S/C12H19BrN2O3/c1-12(2,3)18-11(16)14-6-7-17-9-4-5-10(13)15-8-9/h4-5,8,10,15H,6-7H2,1-3H3,(H,14,16). The van der Waals surface area contributed by atoms with Crippen LogP contribution in [0, 0.1) is 0 Å². The number of halogens is 1. The summed E-state index contributed by atoms with van der Waals surface area (Å²) in [6.45, 7) is 6.26. The molecule has 0 aliphatic carbocycles. The van der Waals surface area contributed by atoms with Gasteiger partial charge in [-0.2, -0.15) is 0 Å². The highest BCUT2D eigenvalue weighted by atomic mass is 79.9. The van der Waals surface area contributed by atoms with Crippen molar-refractivity contribution >= 4 is 22.0 Å². The summed E-state index contributed by atoms with van der Waals surface area (Å²) in [5, 5.41) is 5.66. The first kappa shape index (κ1) is 14.9. The smallest absolute Gasteiger partial charge is 0.407 e. The van der Waals surface area contributed by atoms with Crippen LogP contribution in [-0.4, -0.2) is 29.8 Å². The maximum atomic E-state index is 11.3. The molecule has 0 saturated heterocycles. The number of rotatable bonds is 4. The van der Waals surface area contributed by atoms with Crippen molar-refractivity contribution in [1.82, 2.24) is 10.6 Å². The van der Waals surface area contributed by atoms with E-state index < -0.39 is 11.7 Å². The van der Waals surface area contributed by atoms with Crippen LogP contribution in [0.5, 0.6) is 0 Å². The molecule has 1 aliphatic rings. The summed E-state index contributed by atoms with van der Waals surface area (Å²) in [5.41, 5.74) is -0.478. The van der Waals surface area contributed by atoms with Crippen molar-refractivity contribution in [2.75, 3.05) is 13.2 Å². The summed E-state index contributed by atoms with van der Waals surface area (Å²) in [6, 6.07) is 0.